The van der Waals surface area contributed by atoms with E-state index in [0.29, 0.717) is 12.5 Å². The fraction of sp³-hybridized carbons (Fsp3) is 0.909. The van der Waals surface area contributed by atoms with Crippen LogP contribution in [0.1, 0.15) is 39.5 Å². The zero-order chi connectivity index (χ0) is 9.68. The lowest BCUT2D eigenvalue weighted by Gasteiger charge is -2.21. The summed E-state index contributed by atoms with van der Waals surface area (Å²) in [5.74, 6) is 0.895. The van der Waals surface area contributed by atoms with Crippen LogP contribution < -0.4 is 0 Å². The molecule has 74 valence electrons. The zero-order valence-electron chi connectivity index (χ0n) is 8.79. The van der Waals surface area contributed by atoms with Gasteiger partial charge in [0.1, 0.15) is 0 Å². The molecule has 1 aliphatic rings. The summed E-state index contributed by atoms with van der Waals surface area (Å²) in [7, 11) is 0. The maximum absolute atomic E-state index is 8.59. The Hall–Kier alpha value is -0.550. The number of hydrogen-bond acceptors (Lipinski definition) is 2. The van der Waals surface area contributed by atoms with Crippen molar-refractivity contribution in [3.8, 4) is 6.07 Å². The molecule has 2 atom stereocenters. The van der Waals surface area contributed by atoms with E-state index in [4.69, 9.17) is 5.26 Å². The van der Waals surface area contributed by atoms with Gasteiger partial charge in [0.15, 0.2) is 0 Å². The molecule has 13 heavy (non-hydrogen) atoms. The van der Waals surface area contributed by atoms with Gasteiger partial charge < -0.3 is 0 Å². The predicted octanol–water partition coefficient (Wildman–Crippen LogP) is 2.41. The summed E-state index contributed by atoms with van der Waals surface area (Å²) < 4.78 is 0. The number of likely N-dealkylation sites (tertiary alicyclic amines) is 1. The third kappa shape index (κ3) is 3.00. The van der Waals surface area contributed by atoms with Gasteiger partial charge >= 0.3 is 0 Å². The highest BCUT2D eigenvalue weighted by atomic mass is 15.2. The predicted molar refractivity (Wildman–Crippen MR) is 54.3 cm³/mol. The highest BCUT2D eigenvalue weighted by Gasteiger charge is 2.24. The second-order valence-electron chi connectivity index (χ2n) is 4.15. The van der Waals surface area contributed by atoms with E-state index in [-0.39, 0.29) is 0 Å². The molecular formula is C11H20N2. The van der Waals surface area contributed by atoms with Gasteiger partial charge in [0.25, 0.3) is 0 Å². The Bertz CT molecular complexity index is 183. The van der Waals surface area contributed by atoms with Gasteiger partial charge in [0.05, 0.1) is 12.5 Å². The molecule has 1 fully saturated rings. The number of rotatable bonds is 4. The zero-order valence-corrected chi connectivity index (χ0v) is 8.79. The van der Waals surface area contributed by atoms with E-state index in [0.717, 1.165) is 5.92 Å². The molecule has 1 aliphatic heterocycles. The van der Waals surface area contributed by atoms with E-state index in [1.54, 1.807) is 0 Å². The molecule has 1 saturated heterocycles. The molecule has 0 amide bonds. The molecule has 0 N–H and O–H groups in total. The first-order valence-corrected chi connectivity index (χ1v) is 5.39. The van der Waals surface area contributed by atoms with Crippen molar-refractivity contribution in [2.24, 2.45) is 5.92 Å². The minimum Gasteiger partial charge on any atom is -0.299 e. The van der Waals surface area contributed by atoms with Crippen LogP contribution in [0.5, 0.6) is 0 Å². The monoisotopic (exact) mass is 180 g/mol. The average molecular weight is 180 g/mol. The third-order valence-corrected chi connectivity index (χ3v) is 3.02. The Morgan fingerprint density at radius 3 is 3.00 bits per heavy atom. The smallest absolute Gasteiger partial charge is 0.0638 e. The van der Waals surface area contributed by atoms with Crippen LogP contribution in [0.3, 0.4) is 0 Å². The van der Waals surface area contributed by atoms with Crippen molar-refractivity contribution in [2.75, 3.05) is 13.1 Å². The van der Waals surface area contributed by atoms with Crippen LogP contribution >= 0.6 is 0 Å². The van der Waals surface area contributed by atoms with Crippen molar-refractivity contribution in [3.63, 3.8) is 0 Å². The summed E-state index contributed by atoms with van der Waals surface area (Å²) in [4.78, 5) is 2.46. The van der Waals surface area contributed by atoms with E-state index in [1.807, 2.05) is 0 Å². The van der Waals surface area contributed by atoms with Crippen LogP contribution in [0.4, 0.5) is 0 Å². The normalized spacial score (nSPS) is 25.8. The summed E-state index contributed by atoms with van der Waals surface area (Å²) >= 11 is 0. The van der Waals surface area contributed by atoms with Gasteiger partial charge in [0, 0.05) is 12.6 Å². The fourth-order valence-corrected chi connectivity index (χ4v) is 2.17. The average Bonchev–Trinajstić information content (AvgIpc) is 2.54. The Morgan fingerprint density at radius 2 is 2.38 bits per heavy atom. The largest absolute Gasteiger partial charge is 0.299 e. The molecule has 0 saturated carbocycles. The first kappa shape index (κ1) is 10.5. The van der Waals surface area contributed by atoms with Crippen LogP contribution in [0.15, 0.2) is 0 Å². The van der Waals surface area contributed by atoms with Crippen LogP contribution in [0.2, 0.25) is 0 Å². The molecule has 1 heterocycles. The highest BCUT2D eigenvalue weighted by Crippen LogP contribution is 2.23. The van der Waals surface area contributed by atoms with Gasteiger partial charge in [-0.1, -0.05) is 13.3 Å². The second-order valence-corrected chi connectivity index (χ2v) is 4.15. The summed E-state index contributed by atoms with van der Waals surface area (Å²) in [5.41, 5.74) is 0. The third-order valence-electron chi connectivity index (χ3n) is 3.02. The SMILES string of the molecule is CCCC1CCN(C(C)CC#N)C1. The Morgan fingerprint density at radius 1 is 1.62 bits per heavy atom. The molecule has 0 bridgehead atoms. The van der Waals surface area contributed by atoms with Crippen LogP contribution in [0.25, 0.3) is 0 Å². The number of hydrogen-bond donors (Lipinski definition) is 0. The molecule has 2 nitrogen and oxygen atoms in total. The van der Waals surface area contributed by atoms with Crippen LogP contribution in [-0.2, 0) is 0 Å². The Balaban J connectivity index is 2.28. The topological polar surface area (TPSA) is 27.0 Å². The Labute approximate surface area is 81.5 Å². The van der Waals surface area contributed by atoms with E-state index in [2.05, 4.69) is 24.8 Å². The van der Waals surface area contributed by atoms with Gasteiger partial charge in [-0.25, -0.2) is 0 Å². The molecule has 2 heteroatoms. The Kier molecular flexibility index (Phi) is 4.24. The molecular weight excluding hydrogens is 160 g/mol. The number of nitrogens with zero attached hydrogens (tertiary/aromatic N) is 2. The van der Waals surface area contributed by atoms with Crippen LogP contribution in [-0.4, -0.2) is 24.0 Å². The van der Waals surface area contributed by atoms with E-state index >= 15 is 0 Å². The minimum atomic E-state index is 0.465. The quantitative estimate of drug-likeness (QED) is 0.664. The van der Waals surface area contributed by atoms with Gasteiger partial charge in [-0.05, 0) is 32.2 Å². The van der Waals surface area contributed by atoms with Gasteiger partial charge in [-0.15, -0.1) is 0 Å². The van der Waals surface area contributed by atoms with Crippen molar-refractivity contribution >= 4 is 0 Å². The molecule has 0 aliphatic carbocycles. The van der Waals surface area contributed by atoms with Gasteiger partial charge in [0.2, 0.25) is 0 Å². The van der Waals surface area contributed by atoms with E-state index in [1.165, 1.54) is 32.4 Å². The van der Waals surface area contributed by atoms with Crippen molar-refractivity contribution in [1.82, 2.24) is 4.90 Å². The second kappa shape index (κ2) is 5.24. The van der Waals surface area contributed by atoms with Crippen molar-refractivity contribution in [2.45, 2.75) is 45.6 Å². The highest BCUT2D eigenvalue weighted by molar-refractivity contribution is 4.84. The van der Waals surface area contributed by atoms with E-state index in [9.17, 15) is 0 Å². The summed E-state index contributed by atoms with van der Waals surface area (Å²) in [5, 5.41) is 8.59. The van der Waals surface area contributed by atoms with Gasteiger partial charge in [-0.2, -0.15) is 5.26 Å². The standard InChI is InChI=1S/C11H20N2/c1-3-4-11-6-8-13(9-11)10(2)5-7-12/h10-11H,3-6,8-9H2,1-2H3. The maximum atomic E-state index is 8.59. The lowest BCUT2D eigenvalue weighted by molar-refractivity contribution is 0.250. The molecule has 0 aromatic heterocycles. The van der Waals surface area contributed by atoms with Gasteiger partial charge in [-0.3, -0.25) is 4.90 Å². The lowest BCUT2D eigenvalue weighted by atomic mass is 10.0. The molecule has 0 radical (unpaired) electrons. The maximum Gasteiger partial charge on any atom is 0.0638 e. The lowest BCUT2D eigenvalue weighted by Crippen LogP contribution is -2.30. The summed E-state index contributed by atoms with van der Waals surface area (Å²) in [6, 6.07) is 2.71. The first-order chi connectivity index (χ1) is 6.27. The number of nitriles is 1. The molecule has 1 rings (SSSR count). The molecule has 0 aromatic carbocycles. The van der Waals surface area contributed by atoms with Crippen LogP contribution in [0, 0.1) is 17.2 Å². The summed E-state index contributed by atoms with van der Waals surface area (Å²) in [6.45, 7) is 6.84. The van der Waals surface area contributed by atoms with Crippen molar-refractivity contribution in [3.05, 3.63) is 0 Å². The molecule has 2 unspecified atom stereocenters. The molecule has 0 aromatic rings. The minimum absolute atomic E-state index is 0.465. The first-order valence-electron chi connectivity index (χ1n) is 5.39. The summed E-state index contributed by atoms with van der Waals surface area (Å²) in [6.07, 6.45) is 4.67. The van der Waals surface area contributed by atoms with Crippen molar-refractivity contribution < 1.29 is 0 Å². The van der Waals surface area contributed by atoms with E-state index < -0.39 is 0 Å². The van der Waals surface area contributed by atoms with Crippen molar-refractivity contribution in [1.29, 1.82) is 5.26 Å². The molecule has 0 spiro atoms. The fourth-order valence-electron chi connectivity index (χ4n) is 2.17.